The lowest BCUT2D eigenvalue weighted by Crippen LogP contribution is -2.44. The molecule has 1 saturated carbocycles. The molecule has 1 atom stereocenters. The zero-order valence-corrected chi connectivity index (χ0v) is 9.11. The van der Waals surface area contributed by atoms with Crippen LogP contribution in [0.4, 0.5) is 0 Å². The van der Waals surface area contributed by atoms with E-state index in [-0.39, 0.29) is 0 Å². The molecule has 0 aromatic rings. The van der Waals surface area contributed by atoms with Crippen LogP contribution in [0, 0.1) is 17.2 Å². The molecule has 1 aliphatic carbocycles. The number of hydrogen-bond acceptors (Lipinski definition) is 3. The zero-order chi connectivity index (χ0) is 11.1. The van der Waals surface area contributed by atoms with E-state index in [0.29, 0.717) is 19.0 Å². The Labute approximate surface area is 90.1 Å². The van der Waals surface area contributed by atoms with E-state index < -0.39 is 5.54 Å². The molecule has 0 bridgehead atoms. The summed E-state index contributed by atoms with van der Waals surface area (Å²) >= 11 is 0. The minimum absolute atomic E-state index is 0.401. The van der Waals surface area contributed by atoms with Gasteiger partial charge in [-0.1, -0.05) is 24.4 Å². The largest absolute Gasteiger partial charge is 0.299 e. The fourth-order valence-electron chi connectivity index (χ4n) is 1.86. The molecule has 1 aliphatic rings. The van der Waals surface area contributed by atoms with Crippen molar-refractivity contribution in [3.8, 4) is 6.07 Å². The maximum absolute atomic E-state index is 9.09. The van der Waals surface area contributed by atoms with Gasteiger partial charge in [-0.25, -0.2) is 0 Å². The van der Waals surface area contributed by atoms with E-state index in [2.05, 4.69) is 21.4 Å². The summed E-state index contributed by atoms with van der Waals surface area (Å²) in [7, 11) is 0. The first kappa shape index (κ1) is 11.8. The maximum atomic E-state index is 9.09. The average molecular weight is 207 g/mol. The van der Waals surface area contributed by atoms with Crippen LogP contribution in [0.1, 0.15) is 32.6 Å². The summed E-state index contributed by atoms with van der Waals surface area (Å²) in [6.07, 6.45) is 4.69. The highest BCUT2D eigenvalue weighted by molar-refractivity contribution is 5.05. The highest BCUT2D eigenvalue weighted by Gasteiger charge is 2.30. The zero-order valence-electron chi connectivity index (χ0n) is 9.11. The van der Waals surface area contributed by atoms with Crippen LogP contribution in [0.15, 0.2) is 5.11 Å². The summed E-state index contributed by atoms with van der Waals surface area (Å²) in [5.41, 5.74) is 7.65. The van der Waals surface area contributed by atoms with E-state index in [4.69, 9.17) is 10.8 Å². The van der Waals surface area contributed by atoms with Crippen molar-refractivity contribution in [2.75, 3.05) is 13.1 Å². The van der Waals surface area contributed by atoms with Crippen LogP contribution in [-0.2, 0) is 0 Å². The first-order chi connectivity index (χ1) is 7.20. The van der Waals surface area contributed by atoms with Crippen LogP contribution < -0.4 is 5.32 Å². The molecular weight excluding hydrogens is 190 g/mol. The highest BCUT2D eigenvalue weighted by Crippen LogP contribution is 2.33. The van der Waals surface area contributed by atoms with E-state index in [1.807, 2.05) is 6.92 Å². The molecule has 0 aromatic heterocycles. The molecule has 0 aromatic carbocycles. The Morgan fingerprint density at radius 1 is 1.67 bits per heavy atom. The van der Waals surface area contributed by atoms with Gasteiger partial charge >= 0.3 is 0 Å². The van der Waals surface area contributed by atoms with Crippen molar-refractivity contribution < 1.29 is 0 Å². The summed E-state index contributed by atoms with van der Waals surface area (Å²) in [6, 6.07) is 2.31. The fourth-order valence-corrected chi connectivity index (χ4v) is 1.86. The second kappa shape index (κ2) is 5.59. The van der Waals surface area contributed by atoms with Crippen LogP contribution in [-0.4, -0.2) is 18.6 Å². The minimum Gasteiger partial charge on any atom is -0.299 e. The third-order valence-electron chi connectivity index (χ3n) is 2.96. The average Bonchev–Trinajstić information content (AvgIpc) is 2.19. The maximum Gasteiger partial charge on any atom is 0.104 e. The second-order valence-corrected chi connectivity index (χ2v) is 4.33. The third-order valence-corrected chi connectivity index (χ3v) is 2.96. The Balaban J connectivity index is 2.31. The van der Waals surface area contributed by atoms with Gasteiger partial charge in [-0.15, -0.1) is 0 Å². The number of nitrogens with zero attached hydrogens (tertiary/aromatic N) is 4. The van der Waals surface area contributed by atoms with Crippen molar-refractivity contribution in [1.29, 1.82) is 5.26 Å². The molecular formula is C10H17N5. The predicted octanol–water partition coefficient (Wildman–Crippen LogP) is 2.36. The molecule has 0 saturated heterocycles. The van der Waals surface area contributed by atoms with Gasteiger partial charge in [0.1, 0.15) is 5.54 Å². The molecule has 15 heavy (non-hydrogen) atoms. The monoisotopic (exact) mass is 207 g/mol. The molecule has 0 radical (unpaired) electrons. The van der Waals surface area contributed by atoms with Gasteiger partial charge in [0.25, 0.3) is 0 Å². The van der Waals surface area contributed by atoms with Gasteiger partial charge in [0, 0.05) is 18.0 Å². The molecule has 0 aliphatic heterocycles. The van der Waals surface area contributed by atoms with Gasteiger partial charge in [-0.3, -0.25) is 5.32 Å². The molecule has 1 fully saturated rings. The third kappa shape index (κ3) is 3.78. The second-order valence-electron chi connectivity index (χ2n) is 4.33. The van der Waals surface area contributed by atoms with Crippen molar-refractivity contribution in [2.45, 2.75) is 38.1 Å². The molecule has 1 rings (SSSR count). The first-order valence-electron chi connectivity index (χ1n) is 5.37. The van der Waals surface area contributed by atoms with Crippen LogP contribution in [0.25, 0.3) is 10.4 Å². The van der Waals surface area contributed by atoms with Gasteiger partial charge in [0.05, 0.1) is 6.07 Å². The number of nitrogens with one attached hydrogen (secondary N) is 1. The summed E-state index contributed by atoms with van der Waals surface area (Å²) in [6.45, 7) is 2.89. The van der Waals surface area contributed by atoms with Gasteiger partial charge in [-0.05, 0) is 24.8 Å². The number of rotatable bonds is 6. The molecule has 0 spiro atoms. The van der Waals surface area contributed by atoms with Crippen molar-refractivity contribution in [3.63, 3.8) is 0 Å². The molecule has 1 N–H and O–H groups in total. The Hall–Kier alpha value is -1.24. The van der Waals surface area contributed by atoms with E-state index in [1.165, 1.54) is 19.3 Å². The molecule has 0 heterocycles. The Kier molecular flexibility index (Phi) is 4.41. The summed E-state index contributed by atoms with van der Waals surface area (Å²) in [4.78, 5) is 2.67. The quantitative estimate of drug-likeness (QED) is 0.314. The summed E-state index contributed by atoms with van der Waals surface area (Å²) in [5, 5.41) is 15.7. The Bertz CT molecular complexity index is 285. The van der Waals surface area contributed by atoms with Crippen molar-refractivity contribution in [1.82, 2.24) is 5.32 Å². The number of nitriles is 1. The van der Waals surface area contributed by atoms with Crippen LogP contribution in [0.5, 0.6) is 0 Å². The van der Waals surface area contributed by atoms with Crippen LogP contribution in [0.3, 0.4) is 0 Å². The molecule has 5 nitrogen and oxygen atoms in total. The SMILES string of the molecule is CC(C#N)(CC1CCC1)NCCN=[N+]=[N-]. The lowest BCUT2D eigenvalue weighted by atomic mass is 9.77. The molecule has 82 valence electrons. The van der Waals surface area contributed by atoms with Gasteiger partial charge < -0.3 is 0 Å². The number of azide groups is 1. The van der Waals surface area contributed by atoms with Crippen molar-refractivity contribution in [3.05, 3.63) is 10.4 Å². The van der Waals surface area contributed by atoms with E-state index >= 15 is 0 Å². The topological polar surface area (TPSA) is 84.6 Å². The smallest absolute Gasteiger partial charge is 0.104 e. The Morgan fingerprint density at radius 2 is 2.40 bits per heavy atom. The molecule has 0 amide bonds. The van der Waals surface area contributed by atoms with E-state index in [9.17, 15) is 0 Å². The van der Waals surface area contributed by atoms with Gasteiger partial charge in [-0.2, -0.15) is 5.26 Å². The van der Waals surface area contributed by atoms with E-state index in [1.54, 1.807) is 0 Å². The lowest BCUT2D eigenvalue weighted by Gasteiger charge is -2.33. The summed E-state index contributed by atoms with van der Waals surface area (Å²) < 4.78 is 0. The normalized spacial score (nSPS) is 19.5. The standard InChI is InChI=1S/C10H17N5/c1-10(8-11,7-9-3-2-4-9)13-5-6-14-15-12/h9,13H,2-7H2,1H3. The Morgan fingerprint density at radius 3 is 2.87 bits per heavy atom. The fraction of sp³-hybridized carbons (Fsp3) is 0.900. The minimum atomic E-state index is -0.462. The number of hydrogen-bond donors (Lipinski definition) is 1. The molecule has 5 heteroatoms. The van der Waals surface area contributed by atoms with Crippen molar-refractivity contribution in [2.24, 2.45) is 11.0 Å². The summed E-state index contributed by atoms with van der Waals surface area (Å²) in [5.74, 6) is 0.696. The highest BCUT2D eigenvalue weighted by atomic mass is 15.1. The van der Waals surface area contributed by atoms with Gasteiger partial charge in [0.2, 0.25) is 0 Å². The predicted molar refractivity (Wildman–Crippen MR) is 58.0 cm³/mol. The van der Waals surface area contributed by atoms with Gasteiger partial charge in [0.15, 0.2) is 0 Å². The van der Waals surface area contributed by atoms with Crippen LogP contribution >= 0.6 is 0 Å². The van der Waals surface area contributed by atoms with Crippen molar-refractivity contribution >= 4 is 0 Å². The lowest BCUT2D eigenvalue weighted by molar-refractivity contribution is 0.238. The van der Waals surface area contributed by atoms with Crippen LogP contribution in [0.2, 0.25) is 0 Å². The first-order valence-corrected chi connectivity index (χ1v) is 5.37. The molecule has 1 unspecified atom stereocenters. The van der Waals surface area contributed by atoms with E-state index in [0.717, 1.165) is 6.42 Å².